The Hall–Kier alpha value is -1.36. The fraction of sp³-hybridized carbons (Fsp3) is 0.467. The van der Waals surface area contributed by atoms with Crippen LogP contribution in [0, 0.1) is 6.92 Å². The second kappa shape index (κ2) is 6.39. The van der Waals surface area contributed by atoms with Crippen LogP contribution in [0.2, 0.25) is 0 Å². The van der Waals surface area contributed by atoms with E-state index in [0.29, 0.717) is 0 Å². The molecule has 2 amide bonds. The molecule has 0 aliphatic carbocycles. The number of aryl methyl sites for hydroxylation is 1. The highest BCUT2D eigenvalue weighted by molar-refractivity contribution is 9.10. The van der Waals surface area contributed by atoms with Crippen LogP contribution in [0.15, 0.2) is 22.7 Å². The van der Waals surface area contributed by atoms with E-state index in [-0.39, 0.29) is 18.4 Å². The van der Waals surface area contributed by atoms with E-state index in [9.17, 15) is 9.59 Å². The molecule has 1 aromatic rings. The zero-order valence-electron chi connectivity index (χ0n) is 11.9. The minimum absolute atomic E-state index is 0.0262. The Kier molecular flexibility index (Phi) is 4.81. The molecule has 20 heavy (non-hydrogen) atoms. The van der Waals surface area contributed by atoms with Crippen LogP contribution < -0.4 is 4.90 Å². The van der Waals surface area contributed by atoms with Gasteiger partial charge in [-0.3, -0.25) is 9.59 Å². The molecule has 108 valence electrons. The molecule has 0 N–H and O–H groups in total. The highest BCUT2D eigenvalue weighted by Crippen LogP contribution is 2.23. The van der Waals surface area contributed by atoms with Crippen LogP contribution in [0.4, 0.5) is 5.69 Å². The van der Waals surface area contributed by atoms with Crippen LogP contribution >= 0.6 is 15.9 Å². The summed E-state index contributed by atoms with van der Waals surface area (Å²) in [6.07, 6.45) is 2.12. The molecule has 0 spiro atoms. The zero-order valence-corrected chi connectivity index (χ0v) is 13.4. The van der Waals surface area contributed by atoms with Crippen LogP contribution in [0.5, 0.6) is 0 Å². The molecule has 1 fully saturated rings. The Bertz CT molecular complexity index is 525. The number of anilines is 1. The Morgan fingerprint density at radius 3 is 2.50 bits per heavy atom. The third-order valence-corrected chi connectivity index (χ3v) is 4.48. The monoisotopic (exact) mass is 338 g/mol. The maximum absolute atomic E-state index is 12.2. The average Bonchev–Trinajstić information content (AvgIpc) is 2.93. The summed E-state index contributed by atoms with van der Waals surface area (Å²) in [5.41, 5.74) is 1.81. The molecule has 5 heteroatoms. The second-order valence-corrected chi connectivity index (χ2v) is 5.98. The maximum Gasteiger partial charge on any atom is 0.242 e. The first kappa shape index (κ1) is 15.0. The van der Waals surface area contributed by atoms with Crippen molar-refractivity contribution in [1.82, 2.24) is 4.90 Å². The molecule has 0 atom stereocenters. The van der Waals surface area contributed by atoms with Crippen molar-refractivity contribution in [2.75, 3.05) is 24.5 Å². The van der Waals surface area contributed by atoms with Crippen molar-refractivity contribution in [2.24, 2.45) is 0 Å². The molecule has 0 saturated carbocycles. The quantitative estimate of drug-likeness (QED) is 0.850. The summed E-state index contributed by atoms with van der Waals surface area (Å²) in [5, 5.41) is 0. The molecule has 0 aromatic heterocycles. The third-order valence-electron chi connectivity index (χ3n) is 3.59. The normalized spacial score (nSPS) is 14.4. The van der Waals surface area contributed by atoms with Gasteiger partial charge in [0.1, 0.15) is 6.54 Å². The van der Waals surface area contributed by atoms with Crippen molar-refractivity contribution in [3.8, 4) is 0 Å². The van der Waals surface area contributed by atoms with Gasteiger partial charge in [-0.1, -0.05) is 15.9 Å². The number of amides is 2. The van der Waals surface area contributed by atoms with Crippen LogP contribution in [-0.4, -0.2) is 36.3 Å². The van der Waals surface area contributed by atoms with Crippen LogP contribution in [0.25, 0.3) is 0 Å². The van der Waals surface area contributed by atoms with Gasteiger partial charge in [0.05, 0.1) is 0 Å². The van der Waals surface area contributed by atoms with E-state index in [1.807, 2.05) is 30.0 Å². The fourth-order valence-electron chi connectivity index (χ4n) is 2.38. The second-order valence-electron chi connectivity index (χ2n) is 5.13. The summed E-state index contributed by atoms with van der Waals surface area (Å²) in [6.45, 7) is 5.20. The molecule has 0 unspecified atom stereocenters. The molecular weight excluding hydrogens is 320 g/mol. The average molecular weight is 339 g/mol. The van der Waals surface area contributed by atoms with E-state index in [0.717, 1.165) is 41.7 Å². The topological polar surface area (TPSA) is 40.6 Å². The standard InChI is InChI=1S/C15H19BrN2O2/c1-11-9-13(5-6-14(11)16)18(12(2)19)10-15(20)17-7-3-4-8-17/h5-6,9H,3-4,7-8,10H2,1-2H3. The summed E-state index contributed by atoms with van der Waals surface area (Å²) < 4.78 is 0.996. The van der Waals surface area contributed by atoms with Crippen LogP contribution in [0.3, 0.4) is 0 Å². The summed E-state index contributed by atoms with van der Waals surface area (Å²) in [7, 11) is 0. The Morgan fingerprint density at radius 2 is 1.95 bits per heavy atom. The van der Waals surface area contributed by atoms with E-state index >= 15 is 0 Å². The van der Waals surface area contributed by atoms with Gasteiger partial charge in [0.25, 0.3) is 0 Å². The van der Waals surface area contributed by atoms with Gasteiger partial charge < -0.3 is 9.80 Å². The van der Waals surface area contributed by atoms with Gasteiger partial charge in [0.15, 0.2) is 0 Å². The summed E-state index contributed by atoms with van der Waals surface area (Å²) in [6, 6.07) is 5.68. The molecule has 1 aliphatic heterocycles. The van der Waals surface area contributed by atoms with E-state index in [2.05, 4.69) is 15.9 Å². The number of carbonyl (C=O) groups is 2. The van der Waals surface area contributed by atoms with Crippen LogP contribution in [-0.2, 0) is 9.59 Å². The lowest BCUT2D eigenvalue weighted by molar-refractivity contribution is -0.130. The highest BCUT2D eigenvalue weighted by atomic mass is 79.9. The van der Waals surface area contributed by atoms with Crippen molar-refractivity contribution in [1.29, 1.82) is 0 Å². The van der Waals surface area contributed by atoms with Gasteiger partial charge in [0, 0.05) is 30.2 Å². The predicted molar refractivity (Wildman–Crippen MR) is 82.7 cm³/mol. The van der Waals surface area contributed by atoms with Gasteiger partial charge in [0.2, 0.25) is 11.8 Å². The van der Waals surface area contributed by atoms with Crippen molar-refractivity contribution in [2.45, 2.75) is 26.7 Å². The van der Waals surface area contributed by atoms with Gasteiger partial charge in [-0.25, -0.2) is 0 Å². The summed E-state index contributed by atoms with van der Waals surface area (Å²) >= 11 is 3.44. The molecule has 1 aliphatic rings. The van der Waals surface area contributed by atoms with Gasteiger partial charge in [-0.05, 0) is 43.5 Å². The van der Waals surface area contributed by atoms with Gasteiger partial charge >= 0.3 is 0 Å². The molecule has 1 heterocycles. The molecule has 0 bridgehead atoms. The summed E-state index contributed by atoms with van der Waals surface area (Å²) in [4.78, 5) is 27.4. The number of hydrogen-bond acceptors (Lipinski definition) is 2. The third kappa shape index (κ3) is 3.39. The van der Waals surface area contributed by atoms with E-state index < -0.39 is 0 Å². The van der Waals surface area contributed by atoms with Crippen molar-refractivity contribution in [3.05, 3.63) is 28.2 Å². The van der Waals surface area contributed by atoms with Crippen molar-refractivity contribution in [3.63, 3.8) is 0 Å². The van der Waals surface area contributed by atoms with Crippen LogP contribution in [0.1, 0.15) is 25.3 Å². The molecular formula is C15H19BrN2O2. The summed E-state index contributed by atoms with van der Waals surface area (Å²) in [5.74, 6) is -0.0856. The van der Waals surface area contributed by atoms with Crippen molar-refractivity contribution >= 4 is 33.4 Å². The van der Waals surface area contributed by atoms with E-state index in [1.54, 1.807) is 4.90 Å². The predicted octanol–water partition coefficient (Wildman–Crippen LogP) is 2.73. The fourth-order valence-corrected chi connectivity index (χ4v) is 2.63. The number of carbonyl (C=O) groups excluding carboxylic acids is 2. The smallest absolute Gasteiger partial charge is 0.242 e. The van der Waals surface area contributed by atoms with E-state index in [4.69, 9.17) is 0 Å². The van der Waals surface area contributed by atoms with Crippen molar-refractivity contribution < 1.29 is 9.59 Å². The number of benzene rings is 1. The SMILES string of the molecule is CC(=O)N(CC(=O)N1CCCC1)c1ccc(Br)c(C)c1. The zero-order chi connectivity index (χ0) is 14.7. The molecule has 1 saturated heterocycles. The number of rotatable bonds is 3. The first-order chi connectivity index (χ1) is 9.49. The maximum atomic E-state index is 12.2. The van der Waals surface area contributed by atoms with Gasteiger partial charge in [-0.2, -0.15) is 0 Å². The lowest BCUT2D eigenvalue weighted by Crippen LogP contribution is -2.41. The number of nitrogens with zero attached hydrogens (tertiary/aromatic N) is 2. The van der Waals surface area contributed by atoms with E-state index in [1.165, 1.54) is 6.92 Å². The Labute approximate surface area is 127 Å². The lowest BCUT2D eigenvalue weighted by atomic mass is 10.2. The Morgan fingerprint density at radius 1 is 1.30 bits per heavy atom. The Balaban J connectivity index is 2.16. The molecule has 4 nitrogen and oxygen atoms in total. The largest absolute Gasteiger partial charge is 0.341 e. The number of hydrogen-bond donors (Lipinski definition) is 0. The lowest BCUT2D eigenvalue weighted by Gasteiger charge is -2.24. The minimum atomic E-state index is -0.112. The number of halogens is 1. The molecule has 2 rings (SSSR count). The molecule has 0 radical (unpaired) electrons. The first-order valence-corrected chi connectivity index (χ1v) is 7.60. The van der Waals surface area contributed by atoms with Gasteiger partial charge in [-0.15, -0.1) is 0 Å². The number of likely N-dealkylation sites (tertiary alicyclic amines) is 1. The molecule has 1 aromatic carbocycles. The first-order valence-electron chi connectivity index (χ1n) is 6.81. The minimum Gasteiger partial charge on any atom is -0.341 e. The highest BCUT2D eigenvalue weighted by Gasteiger charge is 2.22.